The van der Waals surface area contributed by atoms with Crippen LogP contribution in [-0.2, 0) is 9.53 Å². The first kappa shape index (κ1) is 13.5. The molecular weight excluding hydrogens is 247 g/mol. The molecular formula is C17H19BO2. The van der Waals surface area contributed by atoms with Gasteiger partial charge in [-0.25, -0.2) is 0 Å². The fourth-order valence-corrected chi connectivity index (χ4v) is 3.20. The number of methoxy groups -OCH3 is 1. The molecule has 1 saturated carbocycles. The van der Waals surface area contributed by atoms with Gasteiger partial charge in [-0.15, -0.1) is 5.47 Å². The maximum atomic E-state index is 11.9. The van der Waals surface area contributed by atoms with Crippen molar-refractivity contribution in [2.45, 2.75) is 38.5 Å². The van der Waals surface area contributed by atoms with Gasteiger partial charge in [-0.3, -0.25) is 4.79 Å². The molecule has 0 aromatic heterocycles. The van der Waals surface area contributed by atoms with Crippen LogP contribution in [0.15, 0.2) is 46.5 Å². The third-order valence-corrected chi connectivity index (χ3v) is 4.68. The molecule has 2 nitrogen and oxygen atoms in total. The van der Waals surface area contributed by atoms with Crippen LogP contribution in [0.1, 0.15) is 38.5 Å². The van der Waals surface area contributed by atoms with Crippen molar-refractivity contribution in [3.05, 3.63) is 46.5 Å². The van der Waals surface area contributed by atoms with Crippen molar-refractivity contribution in [3.8, 4) is 0 Å². The van der Waals surface area contributed by atoms with Crippen molar-refractivity contribution >= 4 is 13.8 Å². The van der Waals surface area contributed by atoms with Crippen molar-refractivity contribution in [1.29, 1.82) is 0 Å². The van der Waals surface area contributed by atoms with Gasteiger partial charge in [0, 0.05) is 0 Å². The molecule has 0 amide bonds. The second-order valence-corrected chi connectivity index (χ2v) is 5.89. The van der Waals surface area contributed by atoms with E-state index in [0.717, 1.165) is 44.0 Å². The summed E-state index contributed by atoms with van der Waals surface area (Å²) in [5.74, 6) is -0.0619. The molecule has 0 spiro atoms. The van der Waals surface area contributed by atoms with Crippen LogP contribution in [0.2, 0.25) is 0 Å². The van der Waals surface area contributed by atoms with Crippen molar-refractivity contribution < 1.29 is 9.53 Å². The van der Waals surface area contributed by atoms with Gasteiger partial charge >= 0.3 is 5.97 Å². The lowest BCUT2D eigenvalue weighted by Gasteiger charge is -2.23. The SMILES string of the molecule is [B]C1=CC=C(C2=CC=C(C3(C(=O)OC)CC3)CC2)CC1. The summed E-state index contributed by atoms with van der Waals surface area (Å²) in [6, 6.07) is 0. The Hall–Kier alpha value is -1.51. The molecule has 0 aromatic rings. The summed E-state index contributed by atoms with van der Waals surface area (Å²) in [5, 5.41) is 0. The Labute approximate surface area is 121 Å². The van der Waals surface area contributed by atoms with Crippen molar-refractivity contribution in [2.75, 3.05) is 7.11 Å². The van der Waals surface area contributed by atoms with E-state index in [9.17, 15) is 4.79 Å². The fourth-order valence-electron chi connectivity index (χ4n) is 3.20. The standard InChI is InChI=1S/C17H19BO2/c1-20-16(19)17(10-11-17)14-6-2-12(3-7-14)13-4-8-15(18)9-5-13/h2,4,6,8H,3,5,7,9-11H2,1H3. The first-order chi connectivity index (χ1) is 9.65. The van der Waals surface area contributed by atoms with Gasteiger partial charge in [-0.1, -0.05) is 29.9 Å². The molecule has 0 aromatic carbocycles. The number of carbonyl (C=O) groups is 1. The van der Waals surface area contributed by atoms with E-state index in [1.165, 1.54) is 23.8 Å². The number of rotatable bonds is 3. The second kappa shape index (κ2) is 5.12. The summed E-state index contributed by atoms with van der Waals surface area (Å²) in [6.45, 7) is 0. The lowest BCUT2D eigenvalue weighted by molar-refractivity contribution is -0.145. The minimum Gasteiger partial charge on any atom is -0.468 e. The van der Waals surface area contributed by atoms with E-state index >= 15 is 0 Å². The number of allylic oxidation sites excluding steroid dienone is 7. The Morgan fingerprint density at radius 1 is 1.05 bits per heavy atom. The molecule has 3 aliphatic rings. The molecule has 0 aliphatic heterocycles. The molecule has 2 radical (unpaired) electrons. The molecule has 3 heteroatoms. The number of ether oxygens (including phenoxy) is 1. The van der Waals surface area contributed by atoms with Gasteiger partial charge in [0.05, 0.1) is 12.5 Å². The summed E-state index contributed by atoms with van der Waals surface area (Å²) in [7, 11) is 7.28. The van der Waals surface area contributed by atoms with E-state index in [1.54, 1.807) is 0 Å². The maximum Gasteiger partial charge on any atom is 0.315 e. The topological polar surface area (TPSA) is 26.3 Å². The zero-order valence-corrected chi connectivity index (χ0v) is 11.9. The highest BCUT2D eigenvalue weighted by atomic mass is 16.5. The number of esters is 1. The smallest absolute Gasteiger partial charge is 0.315 e. The highest BCUT2D eigenvalue weighted by Gasteiger charge is 2.53. The Balaban J connectivity index is 1.79. The van der Waals surface area contributed by atoms with E-state index in [4.69, 9.17) is 12.6 Å². The van der Waals surface area contributed by atoms with Crippen LogP contribution in [0, 0.1) is 5.41 Å². The molecule has 102 valence electrons. The van der Waals surface area contributed by atoms with Crippen LogP contribution in [0.25, 0.3) is 0 Å². The van der Waals surface area contributed by atoms with E-state index in [0.29, 0.717) is 0 Å². The van der Waals surface area contributed by atoms with Gasteiger partial charge in [0.2, 0.25) is 0 Å². The largest absolute Gasteiger partial charge is 0.468 e. The number of hydrogen-bond donors (Lipinski definition) is 0. The predicted molar refractivity (Wildman–Crippen MR) is 80.2 cm³/mol. The third kappa shape index (κ3) is 2.30. The summed E-state index contributed by atoms with van der Waals surface area (Å²) in [6.07, 6.45) is 14.3. The quantitative estimate of drug-likeness (QED) is 0.578. The first-order valence-corrected chi connectivity index (χ1v) is 7.30. The number of carbonyl (C=O) groups excluding carboxylic acids is 1. The van der Waals surface area contributed by atoms with Gasteiger partial charge in [-0.05, 0) is 49.7 Å². The summed E-state index contributed by atoms with van der Waals surface area (Å²) in [4.78, 5) is 11.9. The predicted octanol–water partition coefficient (Wildman–Crippen LogP) is 3.36. The molecule has 0 atom stereocenters. The van der Waals surface area contributed by atoms with Crippen molar-refractivity contribution in [2.24, 2.45) is 5.41 Å². The van der Waals surface area contributed by atoms with E-state index in [1.807, 2.05) is 6.08 Å². The molecule has 0 bridgehead atoms. The second-order valence-electron chi connectivity index (χ2n) is 5.89. The maximum absolute atomic E-state index is 11.9. The summed E-state index contributed by atoms with van der Waals surface area (Å²) >= 11 is 0. The van der Waals surface area contributed by atoms with E-state index < -0.39 is 0 Å². The average molecular weight is 266 g/mol. The zero-order chi connectivity index (χ0) is 14.2. The van der Waals surface area contributed by atoms with Gasteiger partial charge in [0.25, 0.3) is 0 Å². The molecule has 0 saturated heterocycles. The van der Waals surface area contributed by atoms with Crippen LogP contribution in [0.3, 0.4) is 0 Å². The first-order valence-electron chi connectivity index (χ1n) is 7.30. The Bertz CT molecular complexity index is 560. The molecule has 1 fully saturated rings. The van der Waals surface area contributed by atoms with Crippen molar-refractivity contribution in [3.63, 3.8) is 0 Å². The van der Waals surface area contributed by atoms with Gasteiger partial charge in [-0.2, -0.15) is 0 Å². The van der Waals surface area contributed by atoms with Gasteiger partial charge < -0.3 is 4.74 Å². The third-order valence-electron chi connectivity index (χ3n) is 4.68. The molecule has 0 heterocycles. The van der Waals surface area contributed by atoms with Crippen LogP contribution >= 0.6 is 0 Å². The highest BCUT2D eigenvalue weighted by Crippen LogP contribution is 2.55. The highest BCUT2D eigenvalue weighted by molar-refractivity contribution is 6.21. The minimum absolute atomic E-state index is 0.0619. The summed E-state index contributed by atoms with van der Waals surface area (Å²) < 4.78 is 4.95. The molecule has 20 heavy (non-hydrogen) atoms. The zero-order valence-electron chi connectivity index (χ0n) is 11.9. The average Bonchev–Trinajstić information content (AvgIpc) is 3.29. The molecule has 0 unspecified atom stereocenters. The van der Waals surface area contributed by atoms with Crippen LogP contribution < -0.4 is 0 Å². The fraction of sp³-hybridized carbons (Fsp3) is 0.471. The normalized spacial score (nSPS) is 24.1. The lowest BCUT2D eigenvalue weighted by Crippen LogP contribution is -2.21. The molecule has 3 rings (SSSR count). The Morgan fingerprint density at radius 3 is 2.15 bits per heavy atom. The number of hydrogen-bond acceptors (Lipinski definition) is 2. The van der Waals surface area contributed by atoms with E-state index in [-0.39, 0.29) is 11.4 Å². The van der Waals surface area contributed by atoms with Crippen LogP contribution in [-0.4, -0.2) is 20.9 Å². The Kier molecular flexibility index (Phi) is 3.45. The molecule has 3 aliphatic carbocycles. The van der Waals surface area contributed by atoms with Gasteiger partial charge in [0.15, 0.2) is 0 Å². The van der Waals surface area contributed by atoms with Crippen molar-refractivity contribution in [1.82, 2.24) is 0 Å². The lowest BCUT2D eigenvalue weighted by atomic mass is 9.80. The minimum atomic E-state index is -0.290. The van der Waals surface area contributed by atoms with Crippen LogP contribution in [0.5, 0.6) is 0 Å². The van der Waals surface area contributed by atoms with E-state index in [2.05, 4.69) is 18.2 Å². The summed E-state index contributed by atoms with van der Waals surface area (Å²) in [5.41, 5.74) is 4.70. The Morgan fingerprint density at radius 2 is 1.70 bits per heavy atom. The monoisotopic (exact) mass is 266 g/mol. The molecule has 0 N–H and O–H groups in total. The van der Waals surface area contributed by atoms with Crippen LogP contribution in [0.4, 0.5) is 0 Å². The van der Waals surface area contributed by atoms with Gasteiger partial charge in [0.1, 0.15) is 7.85 Å².